The second kappa shape index (κ2) is 10.5. The van der Waals surface area contributed by atoms with Gasteiger partial charge in [-0.25, -0.2) is 4.79 Å². The Hall–Kier alpha value is -2.74. The molecule has 1 aromatic carbocycles. The van der Waals surface area contributed by atoms with Crippen LogP contribution in [0.4, 0.5) is 4.79 Å². The van der Waals surface area contributed by atoms with Crippen molar-refractivity contribution >= 4 is 6.03 Å². The number of aryl methyl sites for hydroxylation is 1. The topological polar surface area (TPSA) is 80.7 Å². The van der Waals surface area contributed by atoms with Gasteiger partial charge in [0.1, 0.15) is 0 Å². The molecule has 1 aromatic heterocycles. The summed E-state index contributed by atoms with van der Waals surface area (Å²) in [5, 5.41) is 11.2. The van der Waals surface area contributed by atoms with E-state index < -0.39 is 0 Å². The third-order valence-electron chi connectivity index (χ3n) is 8.29. The van der Waals surface area contributed by atoms with Gasteiger partial charge in [-0.2, -0.15) is 5.10 Å². The number of nitrogens with one attached hydrogen (secondary N) is 2. The number of benzene rings is 1. The molecule has 190 valence electrons. The van der Waals surface area contributed by atoms with Gasteiger partial charge < -0.3 is 20.1 Å². The first-order chi connectivity index (χ1) is 17.1. The highest BCUT2D eigenvalue weighted by Gasteiger charge is 2.42. The lowest BCUT2D eigenvalue weighted by Gasteiger charge is -2.50. The van der Waals surface area contributed by atoms with Crippen LogP contribution in [0.2, 0.25) is 0 Å². The highest BCUT2D eigenvalue weighted by molar-refractivity contribution is 5.74. The number of carbonyl (C=O) groups excluding carboxylic acids is 1. The molecule has 8 heteroatoms. The summed E-state index contributed by atoms with van der Waals surface area (Å²) in [4.78, 5) is 15.0. The van der Waals surface area contributed by atoms with E-state index in [0.717, 1.165) is 55.9 Å². The molecule has 2 bridgehead atoms. The standard InChI is InChI=1S/C27H39N5O3/c1-31-24(15-23(30-31)19-9-10-25(34-2)26(14-19)35-3)22-17-32-12-11-18(22)13-21(32)16-28-27(33)29-20-7-5-4-6-8-20/h9-10,14-15,18,20-22H,4-8,11-13,16-17H2,1-3H3,(H2,28,29,33)/t18-,21+,22-/m0/s1. The van der Waals surface area contributed by atoms with E-state index in [2.05, 4.69) is 21.6 Å². The third kappa shape index (κ3) is 5.13. The molecule has 4 heterocycles. The second-order valence-corrected chi connectivity index (χ2v) is 10.4. The monoisotopic (exact) mass is 481 g/mol. The van der Waals surface area contributed by atoms with Crippen LogP contribution in [-0.4, -0.2) is 66.6 Å². The summed E-state index contributed by atoms with van der Waals surface area (Å²) < 4.78 is 12.9. The summed E-state index contributed by atoms with van der Waals surface area (Å²) in [6, 6.07) is 8.95. The Balaban J connectivity index is 1.21. The van der Waals surface area contributed by atoms with Gasteiger partial charge in [0, 0.05) is 49.4 Å². The van der Waals surface area contributed by atoms with Crippen molar-refractivity contribution in [3.63, 3.8) is 0 Å². The molecule has 4 atom stereocenters. The SMILES string of the molecule is COc1ccc(-c2cc([C@H]3CN4CC[C@H]3C[C@@H]4CNC(=O)NC3CCCCC3)n(C)n2)cc1OC. The van der Waals surface area contributed by atoms with Crippen LogP contribution in [0.15, 0.2) is 24.3 Å². The molecular formula is C27H39N5O3. The Labute approximate surface area is 208 Å². The minimum atomic E-state index is 0.00212. The normalized spacial score (nSPS) is 26.4. The number of methoxy groups -OCH3 is 2. The van der Waals surface area contributed by atoms with E-state index in [9.17, 15) is 4.79 Å². The summed E-state index contributed by atoms with van der Waals surface area (Å²) in [6.07, 6.45) is 8.30. The van der Waals surface area contributed by atoms with E-state index >= 15 is 0 Å². The number of nitrogens with zero attached hydrogens (tertiary/aromatic N) is 3. The van der Waals surface area contributed by atoms with Crippen LogP contribution in [0.5, 0.6) is 11.5 Å². The predicted octanol–water partition coefficient (Wildman–Crippen LogP) is 3.91. The van der Waals surface area contributed by atoms with Crippen molar-refractivity contribution in [3.05, 3.63) is 30.0 Å². The molecule has 2 N–H and O–H groups in total. The maximum absolute atomic E-state index is 12.4. The van der Waals surface area contributed by atoms with Gasteiger partial charge in [0.2, 0.25) is 0 Å². The third-order valence-corrected chi connectivity index (χ3v) is 8.29. The van der Waals surface area contributed by atoms with Crippen molar-refractivity contribution in [2.75, 3.05) is 33.9 Å². The molecule has 6 rings (SSSR count). The van der Waals surface area contributed by atoms with Crippen LogP contribution >= 0.6 is 0 Å². The van der Waals surface area contributed by atoms with E-state index in [4.69, 9.17) is 14.6 Å². The molecule has 3 aliphatic heterocycles. The summed E-state index contributed by atoms with van der Waals surface area (Å²) in [5.41, 5.74) is 3.26. The summed E-state index contributed by atoms with van der Waals surface area (Å²) in [7, 11) is 5.35. The Bertz CT molecular complexity index is 1030. The number of rotatable bonds is 7. The molecule has 3 saturated heterocycles. The lowest BCUT2D eigenvalue weighted by molar-refractivity contribution is 0.0294. The Morgan fingerprint density at radius 1 is 1.09 bits per heavy atom. The highest BCUT2D eigenvalue weighted by atomic mass is 16.5. The Kier molecular flexibility index (Phi) is 7.18. The fraction of sp³-hybridized carbons (Fsp3) is 0.630. The first-order valence-corrected chi connectivity index (χ1v) is 13.1. The van der Waals surface area contributed by atoms with Crippen molar-refractivity contribution in [3.8, 4) is 22.8 Å². The van der Waals surface area contributed by atoms with Gasteiger partial charge in [-0.1, -0.05) is 19.3 Å². The maximum atomic E-state index is 12.4. The average Bonchev–Trinajstić information content (AvgIpc) is 3.29. The molecule has 2 amide bonds. The van der Waals surface area contributed by atoms with Crippen LogP contribution in [-0.2, 0) is 7.05 Å². The predicted molar refractivity (Wildman–Crippen MR) is 136 cm³/mol. The number of aromatic nitrogens is 2. The number of hydrogen-bond donors (Lipinski definition) is 2. The van der Waals surface area contributed by atoms with Gasteiger partial charge in [-0.05, 0) is 62.4 Å². The van der Waals surface area contributed by atoms with Crippen LogP contribution in [0.3, 0.4) is 0 Å². The van der Waals surface area contributed by atoms with Crippen molar-refractivity contribution in [2.45, 2.75) is 62.9 Å². The molecule has 4 fully saturated rings. The number of piperidine rings is 3. The van der Waals surface area contributed by atoms with E-state index in [1.165, 1.54) is 31.4 Å². The fourth-order valence-electron chi connectivity index (χ4n) is 6.34. The zero-order valence-corrected chi connectivity index (χ0v) is 21.3. The van der Waals surface area contributed by atoms with Gasteiger partial charge in [0.15, 0.2) is 11.5 Å². The van der Waals surface area contributed by atoms with Crippen molar-refractivity contribution in [2.24, 2.45) is 13.0 Å². The molecule has 1 saturated carbocycles. The lowest BCUT2D eigenvalue weighted by Crippen LogP contribution is -2.57. The molecule has 1 unspecified atom stereocenters. The first-order valence-electron chi connectivity index (χ1n) is 13.1. The van der Waals surface area contributed by atoms with Crippen LogP contribution < -0.4 is 20.1 Å². The van der Waals surface area contributed by atoms with Crippen LogP contribution in [0.1, 0.15) is 56.6 Å². The Morgan fingerprint density at radius 2 is 1.89 bits per heavy atom. The van der Waals surface area contributed by atoms with E-state index in [-0.39, 0.29) is 6.03 Å². The molecule has 35 heavy (non-hydrogen) atoms. The number of urea groups is 1. The van der Waals surface area contributed by atoms with Crippen molar-refractivity contribution < 1.29 is 14.3 Å². The Morgan fingerprint density at radius 3 is 2.60 bits per heavy atom. The quantitative estimate of drug-likeness (QED) is 0.627. The van der Waals surface area contributed by atoms with Crippen LogP contribution in [0.25, 0.3) is 11.3 Å². The largest absolute Gasteiger partial charge is 0.493 e. The lowest BCUT2D eigenvalue weighted by atomic mass is 9.74. The summed E-state index contributed by atoms with van der Waals surface area (Å²) in [6.45, 7) is 2.86. The van der Waals surface area contributed by atoms with E-state index in [1.807, 2.05) is 29.9 Å². The van der Waals surface area contributed by atoms with Gasteiger partial charge in [0.25, 0.3) is 0 Å². The molecule has 2 aromatic rings. The minimum absolute atomic E-state index is 0.00212. The van der Waals surface area contributed by atoms with Gasteiger partial charge in [0.05, 0.1) is 19.9 Å². The summed E-state index contributed by atoms with van der Waals surface area (Å²) in [5.74, 6) is 2.50. The van der Waals surface area contributed by atoms with Gasteiger partial charge in [-0.15, -0.1) is 0 Å². The molecule has 1 aliphatic carbocycles. The zero-order chi connectivity index (χ0) is 24.4. The fourth-order valence-corrected chi connectivity index (χ4v) is 6.34. The second-order valence-electron chi connectivity index (χ2n) is 10.4. The number of fused-ring (bicyclic) bond motifs is 3. The van der Waals surface area contributed by atoms with E-state index in [0.29, 0.717) is 29.7 Å². The highest BCUT2D eigenvalue weighted by Crippen LogP contribution is 2.42. The van der Waals surface area contributed by atoms with Gasteiger partial charge in [-0.3, -0.25) is 9.58 Å². The number of hydrogen-bond acceptors (Lipinski definition) is 5. The minimum Gasteiger partial charge on any atom is -0.493 e. The summed E-state index contributed by atoms with van der Waals surface area (Å²) >= 11 is 0. The zero-order valence-electron chi connectivity index (χ0n) is 21.3. The van der Waals surface area contributed by atoms with Gasteiger partial charge >= 0.3 is 6.03 Å². The van der Waals surface area contributed by atoms with Crippen molar-refractivity contribution in [1.29, 1.82) is 0 Å². The van der Waals surface area contributed by atoms with E-state index in [1.54, 1.807) is 14.2 Å². The molecule has 0 spiro atoms. The molecule has 8 nitrogen and oxygen atoms in total. The molecule has 0 radical (unpaired) electrons. The smallest absolute Gasteiger partial charge is 0.315 e. The van der Waals surface area contributed by atoms with Crippen LogP contribution in [0, 0.1) is 5.92 Å². The maximum Gasteiger partial charge on any atom is 0.315 e. The molecule has 4 aliphatic rings. The molecular weight excluding hydrogens is 442 g/mol. The first kappa shape index (κ1) is 24.0. The average molecular weight is 482 g/mol. The number of ether oxygens (including phenoxy) is 2. The number of carbonyl (C=O) groups is 1. The van der Waals surface area contributed by atoms with Crippen molar-refractivity contribution in [1.82, 2.24) is 25.3 Å². The number of amides is 2.